The third kappa shape index (κ3) is 3.49. The molecule has 0 fully saturated rings. The van der Waals surface area contributed by atoms with Crippen molar-refractivity contribution >= 4 is 27.5 Å². The van der Waals surface area contributed by atoms with Gasteiger partial charge in [0.1, 0.15) is 11.4 Å². The minimum Gasteiger partial charge on any atom is -0.352 e. The normalized spacial score (nSPS) is 12.3. The van der Waals surface area contributed by atoms with E-state index in [4.69, 9.17) is 0 Å². The third-order valence-corrected chi connectivity index (χ3v) is 5.54. The number of carbonyl (C=O) groups excluding carboxylic acids is 1. The second-order valence-corrected chi connectivity index (χ2v) is 7.16. The number of thiophene rings is 1. The second kappa shape index (κ2) is 7.19. The fourth-order valence-electron chi connectivity index (χ4n) is 2.71. The lowest BCUT2D eigenvalue weighted by molar-refractivity contribution is -0.122. The summed E-state index contributed by atoms with van der Waals surface area (Å²) >= 11 is 1.51. The van der Waals surface area contributed by atoms with Gasteiger partial charge in [-0.3, -0.25) is 14.2 Å². The monoisotopic (exact) mass is 355 g/mol. The number of hydrogen-bond acceptors (Lipinski definition) is 4. The Labute approximate surface area is 150 Å². The van der Waals surface area contributed by atoms with E-state index in [9.17, 15) is 9.59 Å². The molecule has 1 amide bonds. The first-order valence-electron chi connectivity index (χ1n) is 8.34. The minimum absolute atomic E-state index is 0.0118. The summed E-state index contributed by atoms with van der Waals surface area (Å²) in [6.07, 6.45) is 2.31. The fourth-order valence-corrected chi connectivity index (χ4v) is 3.86. The highest BCUT2D eigenvalue weighted by Crippen LogP contribution is 2.35. The summed E-state index contributed by atoms with van der Waals surface area (Å²) in [6, 6.07) is 10.1. The van der Waals surface area contributed by atoms with Crippen molar-refractivity contribution < 1.29 is 4.79 Å². The smallest absolute Gasteiger partial charge is 0.262 e. The van der Waals surface area contributed by atoms with Crippen molar-refractivity contribution in [3.63, 3.8) is 0 Å². The Morgan fingerprint density at radius 1 is 1.32 bits per heavy atom. The van der Waals surface area contributed by atoms with Crippen molar-refractivity contribution in [3.05, 3.63) is 52.6 Å². The highest BCUT2D eigenvalue weighted by atomic mass is 32.1. The summed E-state index contributed by atoms with van der Waals surface area (Å²) in [6.45, 7) is 5.87. The van der Waals surface area contributed by atoms with E-state index in [0.29, 0.717) is 10.2 Å². The van der Waals surface area contributed by atoms with Gasteiger partial charge >= 0.3 is 0 Å². The van der Waals surface area contributed by atoms with Crippen LogP contribution in [0.2, 0.25) is 0 Å². The molecule has 0 aliphatic rings. The first-order chi connectivity index (χ1) is 12.0. The van der Waals surface area contributed by atoms with E-state index in [2.05, 4.69) is 10.3 Å². The molecule has 1 N–H and O–H groups in total. The number of nitrogens with zero attached hydrogens (tertiary/aromatic N) is 2. The van der Waals surface area contributed by atoms with Gasteiger partial charge in [0.05, 0.1) is 11.7 Å². The summed E-state index contributed by atoms with van der Waals surface area (Å²) in [5.74, 6) is -0.172. The zero-order valence-electron chi connectivity index (χ0n) is 14.6. The molecule has 0 saturated carbocycles. The molecule has 25 heavy (non-hydrogen) atoms. The zero-order valence-corrected chi connectivity index (χ0v) is 15.4. The quantitative estimate of drug-likeness (QED) is 0.763. The number of amides is 1. The van der Waals surface area contributed by atoms with Gasteiger partial charge in [-0.15, -0.1) is 11.3 Å². The number of aromatic nitrogens is 2. The Morgan fingerprint density at radius 2 is 2.04 bits per heavy atom. The van der Waals surface area contributed by atoms with Gasteiger partial charge in [-0.2, -0.15) is 0 Å². The van der Waals surface area contributed by atoms with Gasteiger partial charge < -0.3 is 5.32 Å². The number of hydrogen-bond donors (Lipinski definition) is 1. The van der Waals surface area contributed by atoms with Crippen molar-refractivity contribution in [2.75, 3.05) is 0 Å². The average Bonchev–Trinajstić information content (AvgIpc) is 2.95. The molecule has 0 saturated heterocycles. The van der Waals surface area contributed by atoms with Crippen LogP contribution < -0.4 is 10.9 Å². The number of rotatable bonds is 5. The lowest BCUT2D eigenvalue weighted by atomic mass is 10.1. The van der Waals surface area contributed by atoms with Crippen molar-refractivity contribution in [2.24, 2.45) is 0 Å². The Morgan fingerprint density at radius 3 is 2.72 bits per heavy atom. The SMILES string of the molecule is CCC(C)NC(=O)Cn1cnc2sc(-c3ccccc3)c(C)c2c1=O. The van der Waals surface area contributed by atoms with Crippen molar-refractivity contribution in [1.29, 1.82) is 0 Å². The van der Waals surface area contributed by atoms with Crippen LogP contribution in [0.15, 0.2) is 41.5 Å². The Balaban J connectivity index is 1.99. The van der Waals surface area contributed by atoms with Gasteiger partial charge in [-0.25, -0.2) is 4.98 Å². The molecule has 6 heteroatoms. The second-order valence-electron chi connectivity index (χ2n) is 6.16. The first-order valence-corrected chi connectivity index (χ1v) is 9.16. The van der Waals surface area contributed by atoms with Crippen molar-refractivity contribution in [2.45, 2.75) is 39.8 Å². The fraction of sp³-hybridized carbons (Fsp3) is 0.316. The van der Waals surface area contributed by atoms with Crippen LogP contribution in [0.4, 0.5) is 0 Å². The predicted octanol–water partition coefficient (Wildman–Crippen LogP) is 3.35. The van der Waals surface area contributed by atoms with Crippen LogP contribution in [0.25, 0.3) is 20.7 Å². The third-order valence-electron chi connectivity index (χ3n) is 4.29. The number of carbonyl (C=O) groups is 1. The molecule has 0 aliphatic carbocycles. The van der Waals surface area contributed by atoms with E-state index in [0.717, 1.165) is 22.4 Å². The van der Waals surface area contributed by atoms with E-state index in [1.54, 1.807) is 0 Å². The molecule has 0 radical (unpaired) electrons. The molecule has 5 nitrogen and oxygen atoms in total. The molecule has 0 bridgehead atoms. The largest absolute Gasteiger partial charge is 0.352 e. The predicted molar refractivity (Wildman–Crippen MR) is 102 cm³/mol. The van der Waals surface area contributed by atoms with Crippen LogP contribution in [0.3, 0.4) is 0 Å². The van der Waals surface area contributed by atoms with Crippen LogP contribution >= 0.6 is 11.3 Å². The highest BCUT2D eigenvalue weighted by Gasteiger charge is 2.16. The summed E-state index contributed by atoms with van der Waals surface area (Å²) < 4.78 is 1.38. The topological polar surface area (TPSA) is 64.0 Å². The molecular formula is C19H21N3O2S. The highest BCUT2D eigenvalue weighted by molar-refractivity contribution is 7.22. The Hall–Kier alpha value is -2.47. The number of nitrogens with one attached hydrogen (secondary N) is 1. The standard InChI is InChI=1S/C19H21N3O2S/c1-4-12(2)21-15(23)10-22-11-20-18-16(19(22)24)13(3)17(25-18)14-8-6-5-7-9-14/h5-9,11-12H,4,10H2,1-3H3,(H,21,23). The van der Waals surface area contributed by atoms with E-state index in [1.165, 1.54) is 22.2 Å². The van der Waals surface area contributed by atoms with Crippen LogP contribution in [0.5, 0.6) is 0 Å². The molecule has 0 aliphatic heterocycles. The Bertz CT molecular complexity index is 960. The molecule has 130 valence electrons. The number of benzene rings is 1. The minimum atomic E-state index is -0.172. The molecule has 3 aromatic rings. The van der Waals surface area contributed by atoms with Gasteiger partial charge in [-0.05, 0) is 31.4 Å². The lowest BCUT2D eigenvalue weighted by Gasteiger charge is -2.12. The first kappa shape index (κ1) is 17.4. The molecule has 2 heterocycles. The van der Waals surface area contributed by atoms with Crippen LogP contribution in [-0.4, -0.2) is 21.5 Å². The lowest BCUT2D eigenvalue weighted by Crippen LogP contribution is -2.37. The van der Waals surface area contributed by atoms with Crippen LogP contribution in [-0.2, 0) is 11.3 Å². The van der Waals surface area contributed by atoms with E-state index < -0.39 is 0 Å². The number of aryl methyl sites for hydroxylation is 1. The molecule has 0 spiro atoms. The van der Waals surface area contributed by atoms with E-state index in [1.807, 2.05) is 51.1 Å². The van der Waals surface area contributed by atoms with Crippen LogP contribution in [0.1, 0.15) is 25.8 Å². The zero-order chi connectivity index (χ0) is 18.0. The molecular weight excluding hydrogens is 334 g/mol. The Kier molecular flexibility index (Phi) is 4.99. The van der Waals surface area contributed by atoms with Crippen LogP contribution in [0, 0.1) is 6.92 Å². The average molecular weight is 355 g/mol. The van der Waals surface area contributed by atoms with Gasteiger partial charge in [0.25, 0.3) is 5.56 Å². The van der Waals surface area contributed by atoms with Gasteiger partial charge in [-0.1, -0.05) is 37.3 Å². The van der Waals surface area contributed by atoms with Crippen molar-refractivity contribution in [1.82, 2.24) is 14.9 Å². The van der Waals surface area contributed by atoms with E-state index in [-0.39, 0.29) is 24.1 Å². The molecule has 1 unspecified atom stereocenters. The molecule has 3 rings (SSSR count). The van der Waals surface area contributed by atoms with E-state index >= 15 is 0 Å². The van der Waals surface area contributed by atoms with Gasteiger partial charge in [0, 0.05) is 10.9 Å². The van der Waals surface area contributed by atoms with Gasteiger partial charge in [0.2, 0.25) is 5.91 Å². The molecule has 1 atom stereocenters. The van der Waals surface area contributed by atoms with Gasteiger partial charge in [0.15, 0.2) is 0 Å². The molecule has 1 aromatic carbocycles. The molecule has 2 aromatic heterocycles. The number of fused-ring (bicyclic) bond motifs is 1. The van der Waals surface area contributed by atoms with Crippen molar-refractivity contribution in [3.8, 4) is 10.4 Å². The maximum Gasteiger partial charge on any atom is 0.262 e. The summed E-state index contributed by atoms with van der Waals surface area (Å²) in [4.78, 5) is 31.1. The maximum absolute atomic E-state index is 12.8. The summed E-state index contributed by atoms with van der Waals surface area (Å²) in [7, 11) is 0. The summed E-state index contributed by atoms with van der Waals surface area (Å²) in [5, 5.41) is 3.47. The maximum atomic E-state index is 12.8. The summed E-state index contributed by atoms with van der Waals surface area (Å²) in [5.41, 5.74) is 1.82.